The molecule has 0 atom stereocenters. The summed E-state index contributed by atoms with van der Waals surface area (Å²) in [7, 11) is 0. The minimum absolute atomic E-state index is 0.200. The Morgan fingerprint density at radius 3 is 3.08 bits per heavy atom. The van der Waals surface area contributed by atoms with Crippen LogP contribution < -0.4 is 0 Å². The first-order valence-electron chi connectivity index (χ1n) is 3.33. The molecule has 0 saturated carbocycles. The van der Waals surface area contributed by atoms with Crippen molar-refractivity contribution in [3.05, 3.63) is 17.0 Å². The average Bonchev–Trinajstić information content (AvgIpc) is 2.74. The van der Waals surface area contributed by atoms with Crippen LogP contribution in [-0.2, 0) is 0 Å². The van der Waals surface area contributed by atoms with Gasteiger partial charge in [-0.1, -0.05) is 0 Å². The fourth-order valence-electron chi connectivity index (χ4n) is 0.909. The summed E-state index contributed by atoms with van der Waals surface area (Å²) in [5, 5.41) is 23.5. The van der Waals surface area contributed by atoms with Crippen LogP contribution in [0.2, 0.25) is 0 Å². The molecule has 0 fully saturated rings. The molecule has 0 aromatic carbocycles. The molecule has 2 N–H and O–H groups in total. The van der Waals surface area contributed by atoms with Crippen molar-refractivity contribution in [3.63, 3.8) is 0 Å². The Morgan fingerprint density at radius 2 is 2.46 bits per heavy atom. The third-order valence-electron chi connectivity index (χ3n) is 1.44. The lowest BCUT2D eigenvalue weighted by atomic mass is 10.2. The molecule has 0 amide bonds. The molecule has 0 spiro atoms. The van der Waals surface area contributed by atoms with E-state index in [-0.39, 0.29) is 5.56 Å². The Bertz CT molecular complexity index is 422. The molecule has 0 saturated heterocycles. The van der Waals surface area contributed by atoms with Crippen molar-refractivity contribution in [2.24, 2.45) is 0 Å². The molecule has 0 bridgehead atoms. The smallest absolute Gasteiger partial charge is 0.337 e. The zero-order valence-corrected chi connectivity index (χ0v) is 7.08. The SMILES string of the molecule is O=C(O)c1ccsc1-c1nn[nH]n1. The summed E-state index contributed by atoms with van der Waals surface area (Å²) < 4.78 is 0. The van der Waals surface area contributed by atoms with E-state index >= 15 is 0 Å². The first-order valence-corrected chi connectivity index (χ1v) is 4.21. The number of tetrazole rings is 1. The number of nitrogens with zero attached hydrogens (tertiary/aromatic N) is 3. The van der Waals surface area contributed by atoms with Crippen molar-refractivity contribution in [2.45, 2.75) is 0 Å². The van der Waals surface area contributed by atoms with Crippen LogP contribution >= 0.6 is 11.3 Å². The zero-order chi connectivity index (χ0) is 9.26. The number of thiophene rings is 1. The van der Waals surface area contributed by atoms with Crippen LogP contribution in [0.15, 0.2) is 11.4 Å². The molecule has 0 aliphatic carbocycles. The molecule has 6 nitrogen and oxygen atoms in total. The predicted octanol–water partition coefficient (Wildman–Crippen LogP) is 0.626. The molecule has 13 heavy (non-hydrogen) atoms. The number of aromatic amines is 1. The highest BCUT2D eigenvalue weighted by Gasteiger charge is 2.15. The van der Waals surface area contributed by atoms with Crippen molar-refractivity contribution >= 4 is 17.3 Å². The molecule has 2 aromatic rings. The summed E-state index contributed by atoms with van der Waals surface area (Å²) in [5.41, 5.74) is 0.200. The van der Waals surface area contributed by atoms with Crippen molar-refractivity contribution in [2.75, 3.05) is 0 Å². The number of carboxylic acids is 1. The van der Waals surface area contributed by atoms with Crippen molar-refractivity contribution < 1.29 is 9.90 Å². The van der Waals surface area contributed by atoms with Gasteiger partial charge in [0.25, 0.3) is 0 Å². The molecule has 0 aliphatic rings. The minimum atomic E-state index is -0.985. The number of hydrogen-bond acceptors (Lipinski definition) is 5. The highest BCUT2D eigenvalue weighted by Crippen LogP contribution is 2.25. The van der Waals surface area contributed by atoms with Gasteiger partial charge in [0.2, 0.25) is 5.82 Å². The maximum atomic E-state index is 10.7. The number of carbonyl (C=O) groups is 1. The number of aromatic nitrogens is 4. The third kappa shape index (κ3) is 1.29. The van der Waals surface area contributed by atoms with Gasteiger partial charge in [0.15, 0.2) is 0 Å². The van der Waals surface area contributed by atoms with E-state index < -0.39 is 5.97 Å². The molecule has 2 aromatic heterocycles. The normalized spacial score (nSPS) is 10.2. The van der Waals surface area contributed by atoms with Gasteiger partial charge in [-0.2, -0.15) is 5.21 Å². The summed E-state index contributed by atoms with van der Waals surface area (Å²) in [4.78, 5) is 11.2. The second kappa shape index (κ2) is 2.94. The Kier molecular flexibility index (Phi) is 1.78. The number of carboxylic acid groups (broad SMARTS) is 1. The number of aromatic carboxylic acids is 1. The highest BCUT2D eigenvalue weighted by atomic mass is 32.1. The molecule has 66 valence electrons. The molecule has 2 rings (SSSR count). The molecular weight excluding hydrogens is 192 g/mol. The summed E-state index contributed by atoms with van der Waals surface area (Å²) in [5.74, 6) is -0.673. The highest BCUT2D eigenvalue weighted by molar-refractivity contribution is 7.13. The zero-order valence-electron chi connectivity index (χ0n) is 6.26. The van der Waals surface area contributed by atoms with E-state index in [1.54, 1.807) is 5.38 Å². The number of H-pyrrole nitrogens is 1. The monoisotopic (exact) mass is 196 g/mol. The number of rotatable bonds is 2. The summed E-state index contributed by atoms with van der Waals surface area (Å²) >= 11 is 1.27. The van der Waals surface area contributed by atoms with Crippen LogP contribution in [0.4, 0.5) is 0 Å². The Balaban J connectivity index is 2.52. The van der Waals surface area contributed by atoms with E-state index in [0.717, 1.165) is 0 Å². The van der Waals surface area contributed by atoms with Gasteiger partial charge < -0.3 is 5.11 Å². The summed E-state index contributed by atoms with van der Waals surface area (Å²) in [6, 6.07) is 1.51. The first kappa shape index (κ1) is 7.87. The lowest BCUT2D eigenvalue weighted by Crippen LogP contribution is -1.96. The fraction of sp³-hybridized carbons (Fsp3) is 0. The lowest BCUT2D eigenvalue weighted by Gasteiger charge is -1.90. The van der Waals surface area contributed by atoms with Crippen LogP contribution in [0, 0.1) is 0 Å². The van der Waals surface area contributed by atoms with Gasteiger partial charge in [-0.25, -0.2) is 4.79 Å². The van der Waals surface area contributed by atoms with E-state index in [9.17, 15) is 4.79 Å². The Hall–Kier alpha value is -1.76. The molecular formula is C6H4N4O2S. The van der Waals surface area contributed by atoms with Gasteiger partial charge >= 0.3 is 5.97 Å². The van der Waals surface area contributed by atoms with E-state index in [1.165, 1.54) is 17.4 Å². The molecule has 7 heteroatoms. The van der Waals surface area contributed by atoms with Gasteiger partial charge in [-0.3, -0.25) is 0 Å². The van der Waals surface area contributed by atoms with Crippen LogP contribution in [-0.4, -0.2) is 31.7 Å². The average molecular weight is 196 g/mol. The summed E-state index contributed by atoms with van der Waals surface area (Å²) in [6.07, 6.45) is 0. The standard InChI is InChI=1S/C6H4N4O2S/c11-6(12)3-1-2-13-4(3)5-7-9-10-8-5/h1-2H,(H,11,12)(H,7,8,9,10). The van der Waals surface area contributed by atoms with E-state index in [4.69, 9.17) is 5.11 Å². The Labute approximate surface area is 76.2 Å². The van der Waals surface area contributed by atoms with Crippen LogP contribution in [0.1, 0.15) is 10.4 Å². The molecule has 2 heterocycles. The molecule has 0 unspecified atom stereocenters. The molecule has 0 radical (unpaired) electrons. The number of hydrogen-bond donors (Lipinski definition) is 2. The van der Waals surface area contributed by atoms with E-state index in [0.29, 0.717) is 10.7 Å². The van der Waals surface area contributed by atoms with E-state index in [2.05, 4.69) is 20.6 Å². The largest absolute Gasteiger partial charge is 0.478 e. The minimum Gasteiger partial charge on any atom is -0.478 e. The predicted molar refractivity (Wildman–Crippen MR) is 44.4 cm³/mol. The van der Waals surface area contributed by atoms with Gasteiger partial charge in [-0.15, -0.1) is 21.5 Å². The van der Waals surface area contributed by atoms with Crippen molar-refractivity contribution in [1.29, 1.82) is 0 Å². The fourth-order valence-corrected chi connectivity index (χ4v) is 1.72. The molecule has 0 aliphatic heterocycles. The maximum absolute atomic E-state index is 10.7. The Morgan fingerprint density at radius 1 is 1.62 bits per heavy atom. The van der Waals surface area contributed by atoms with Gasteiger partial charge in [-0.05, 0) is 16.7 Å². The van der Waals surface area contributed by atoms with Gasteiger partial charge in [0.1, 0.15) is 0 Å². The number of nitrogens with one attached hydrogen (secondary N) is 1. The maximum Gasteiger partial charge on any atom is 0.337 e. The van der Waals surface area contributed by atoms with Crippen LogP contribution in [0.3, 0.4) is 0 Å². The first-order chi connectivity index (χ1) is 6.29. The second-order valence-electron chi connectivity index (χ2n) is 2.20. The lowest BCUT2D eigenvalue weighted by molar-refractivity contribution is 0.0698. The van der Waals surface area contributed by atoms with E-state index in [1.807, 2.05) is 0 Å². The topological polar surface area (TPSA) is 91.8 Å². The third-order valence-corrected chi connectivity index (χ3v) is 2.35. The van der Waals surface area contributed by atoms with Crippen molar-refractivity contribution in [1.82, 2.24) is 20.6 Å². The second-order valence-corrected chi connectivity index (χ2v) is 3.12. The van der Waals surface area contributed by atoms with Crippen molar-refractivity contribution in [3.8, 4) is 10.7 Å². The summed E-state index contributed by atoms with van der Waals surface area (Å²) in [6.45, 7) is 0. The van der Waals surface area contributed by atoms with Gasteiger partial charge in [0, 0.05) is 0 Å². The van der Waals surface area contributed by atoms with Crippen LogP contribution in [0.25, 0.3) is 10.7 Å². The van der Waals surface area contributed by atoms with Crippen LogP contribution in [0.5, 0.6) is 0 Å². The van der Waals surface area contributed by atoms with Gasteiger partial charge in [0.05, 0.1) is 10.4 Å². The quantitative estimate of drug-likeness (QED) is 0.734.